The first-order valence-corrected chi connectivity index (χ1v) is 5.75. The van der Waals surface area contributed by atoms with E-state index in [1.807, 2.05) is 11.9 Å². The fourth-order valence-corrected chi connectivity index (χ4v) is 1.78. The molecule has 5 nitrogen and oxygen atoms in total. The number of phenolic OH excluding ortho intramolecular Hbond substituents is 1. The van der Waals surface area contributed by atoms with Gasteiger partial charge < -0.3 is 15.1 Å². The van der Waals surface area contributed by atoms with Gasteiger partial charge in [0.25, 0.3) is 0 Å². The summed E-state index contributed by atoms with van der Waals surface area (Å²) in [7, 11) is 1.84. The Kier molecular flexibility index (Phi) is 3.66. The Hall–Kier alpha value is -2.56. The molecule has 0 bridgehead atoms. The van der Waals surface area contributed by atoms with Crippen LogP contribution in [0.2, 0.25) is 0 Å². The average Bonchev–Trinajstić information content (AvgIpc) is 2.39. The number of rotatable bonds is 4. The fraction of sp³-hybridized carbons (Fsp3) is 0.143. The first-order valence-electron chi connectivity index (χ1n) is 5.75. The molecule has 0 radical (unpaired) electrons. The van der Waals surface area contributed by atoms with Crippen molar-refractivity contribution in [3.63, 3.8) is 0 Å². The maximum atomic E-state index is 11.1. The smallest absolute Gasteiger partial charge is 0.337 e. The van der Waals surface area contributed by atoms with Crippen molar-refractivity contribution in [2.24, 2.45) is 0 Å². The van der Waals surface area contributed by atoms with Crippen LogP contribution in [0.3, 0.4) is 0 Å². The fourth-order valence-electron chi connectivity index (χ4n) is 1.78. The number of carboxylic acids is 1. The van der Waals surface area contributed by atoms with E-state index < -0.39 is 5.97 Å². The molecule has 0 amide bonds. The highest BCUT2D eigenvalue weighted by molar-refractivity contribution is 5.88. The number of carbonyl (C=O) groups is 1. The Balaban J connectivity index is 2.21. The van der Waals surface area contributed by atoms with E-state index >= 15 is 0 Å². The molecule has 1 aromatic carbocycles. The number of aromatic hydroxyl groups is 1. The first-order chi connectivity index (χ1) is 9.08. The number of hydrogen-bond donors (Lipinski definition) is 2. The lowest BCUT2D eigenvalue weighted by Crippen LogP contribution is -2.19. The molecule has 19 heavy (non-hydrogen) atoms. The van der Waals surface area contributed by atoms with E-state index in [1.54, 1.807) is 36.5 Å². The van der Waals surface area contributed by atoms with E-state index in [0.29, 0.717) is 12.2 Å². The molecule has 2 aromatic rings. The number of aromatic nitrogens is 1. The maximum Gasteiger partial charge on any atom is 0.337 e. The quantitative estimate of drug-likeness (QED) is 0.878. The molecule has 0 spiro atoms. The van der Waals surface area contributed by atoms with Gasteiger partial charge in [-0.05, 0) is 36.4 Å². The minimum absolute atomic E-state index is 0.196. The number of carboxylic acid groups (broad SMARTS) is 1. The zero-order valence-corrected chi connectivity index (χ0v) is 10.4. The molecule has 0 unspecified atom stereocenters. The average molecular weight is 258 g/mol. The monoisotopic (exact) mass is 258 g/mol. The normalized spacial score (nSPS) is 10.2. The van der Waals surface area contributed by atoms with Crippen LogP contribution in [0.5, 0.6) is 5.75 Å². The van der Waals surface area contributed by atoms with Crippen molar-refractivity contribution < 1.29 is 15.0 Å². The number of benzene rings is 1. The van der Waals surface area contributed by atoms with Gasteiger partial charge in [-0.2, -0.15) is 0 Å². The molecule has 0 saturated carbocycles. The number of hydrogen-bond acceptors (Lipinski definition) is 4. The second kappa shape index (κ2) is 5.39. The molecule has 0 saturated heterocycles. The van der Waals surface area contributed by atoms with Crippen LogP contribution in [0.4, 0.5) is 5.69 Å². The van der Waals surface area contributed by atoms with Crippen molar-refractivity contribution in [2.75, 3.05) is 11.9 Å². The number of aromatic carboxylic acids is 1. The zero-order valence-electron chi connectivity index (χ0n) is 10.4. The summed E-state index contributed by atoms with van der Waals surface area (Å²) in [6.07, 6.45) is 1.58. The van der Waals surface area contributed by atoms with Crippen molar-refractivity contribution in [1.82, 2.24) is 4.98 Å². The number of nitrogens with zero attached hydrogens (tertiary/aromatic N) is 2. The SMILES string of the molecule is CN(Cc1ncccc1C(=O)O)c1ccc(O)cc1. The third-order valence-electron chi connectivity index (χ3n) is 2.80. The highest BCUT2D eigenvalue weighted by Crippen LogP contribution is 2.19. The summed E-state index contributed by atoms with van der Waals surface area (Å²) in [5, 5.41) is 18.3. The number of phenols is 1. The van der Waals surface area contributed by atoms with Crippen LogP contribution >= 0.6 is 0 Å². The molecule has 0 aliphatic carbocycles. The van der Waals surface area contributed by atoms with Crippen LogP contribution in [0.15, 0.2) is 42.6 Å². The molecule has 0 aliphatic heterocycles. The Bertz CT molecular complexity index is 581. The van der Waals surface area contributed by atoms with Gasteiger partial charge >= 0.3 is 5.97 Å². The van der Waals surface area contributed by atoms with Crippen LogP contribution in [0.1, 0.15) is 16.1 Å². The predicted octanol–water partition coefficient (Wildman–Crippen LogP) is 2.12. The summed E-state index contributed by atoms with van der Waals surface area (Å²) >= 11 is 0. The number of pyridine rings is 1. The molecule has 2 N–H and O–H groups in total. The molecule has 1 aromatic heterocycles. The van der Waals surface area contributed by atoms with Gasteiger partial charge in [0.1, 0.15) is 5.75 Å². The Labute approximate surface area is 110 Å². The lowest BCUT2D eigenvalue weighted by molar-refractivity contribution is 0.0695. The standard InChI is InChI=1S/C14H14N2O3/c1-16(10-4-6-11(17)7-5-10)9-13-12(14(18)19)3-2-8-15-13/h2-8,17H,9H2,1H3,(H,18,19). The van der Waals surface area contributed by atoms with Crippen molar-refractivity contribution in [3.8, 4) is 5.75 Å². The Morgan fingerprint density at radius 1 is 1.26 bits per heavy atom. The highest BCUT2D eigenvalue weighted by Gasteiger charge is 2.12. The van der Waals surface area contributed by atoms with Gasteiger partial charge in [0.05, 0.1) is 17.8 Å². The van der Waals surface area contributed by atoms with E-state index in [0.717, 1.165) is 5.69 Å². The van der Waals surface area contributed by atoms with E-state index in [2.05, 4.69) is 4.98 Å². The van der Waals surface area contributed by atoms with Crippen molar-refractivity contribution in [2.45, 2.75) is 6.54 Å². The Morgan fingerprint density at radius 2 is 1.95 bits per heavy atom. The van der Waals surface area contributed by atoms with Gasteiger partial charge in [0.2, 0.25) is 0 Å². The summed E-state index contributed by atoms with van der Waals surface area (Å²) in [6, 6.07) is 9.84. The highest BCUT2D eigenvalue weighted by atomic mass is 16.4. The number of anilines is 1. The minimum Gasteiger partial charge on any atom is -0.508 e. The third kappa shape index (κ3) is 3.01. The second-order valence-electron chi connectivity index (χ2n) is 4.18. The van der Waals surface area contributed by atoms with E-state index in [4.69, 9.17) is 5.11 Å². The summed E-state index contributed by atoms with van der Waals surface area (Å²) in [4.78, 5) is 17.1. The maximum absolute atomic E-state index is 11.1. The third-order valence-corrected chi connectivity index (χ3v) is 2.80. The molecule has 5 heteroatoms. The summed E-state index contributed by atoms with van der Waals surface area (Å²) in [5.41, 5.74) is 1.58. The molecular weight excluding hydrogens is 244 g/mol. The zero-order chi connectivity index (χ0) is 13.8. The molecule has 98 valence electrons. The van der Waals surface area contributed by atoms with Crippen LogP contribution in [-0.2, 0) is 6.54 Å². The van der Waals surface area contributed by atoms with Gasteiger partial charge in [0.15, 0.2) is 0 Å². The first kappa shape index (κ1) is 12.9. The van der Waals surface area contributed by atoms with Gasteiger partial charge in [-0.25, -0.2) is 4.79 Å². The lowest BCUT2D eigenvalue weighted by atomic mass is 10.2. The lowest BCUT2D eigenvalue weighted by Gasteiger charge is -2.19. The molecule has 0 aliphatic rings. The van der Waals surface area contributed by atoms with Crippen LogP contribution in [-0.4, -0.2) is 28.2 Å². The van der Waals surface area contributed by atoms with E-state index in [1.165, 1.54) is 6.07 Å². The topological polar surface area (TPSA) is 73.7 Å². The van der Waals surface area contributed by atoms with Crippen LogP contribution in [0.25, 0.3) is 0 Å². The second-order valence-corrected chi connectivity index (χ2v) is 4.18. The molecular formula is C14H14N2O3. The van der Waals surface area contributed by atoms with Crippen LogP contribution < -0.4 is 4.90 Å². The van der Waals surface area contributed by atoms with Crippen molar-refractivity contribution >= 4 is 11.7 Å². The summed E-state index contributed by atoms with van der Waals surface area (Å²) in [6.45, 7) is 0.382. The van der Waals surface area contributed by atoms with Crippen molar-refractivity contribution in [1.29, 1.82) is 0 Å². The summed E-state index contributed by atoms with van der Waals surface area (Å²) in [5.74, 6) is -0.789. The molecule has 1 heterocycles. The molecule has 0 fully saturated rings. The molecule has 2 rings (SSSR count). The largest absolute Gasteiger partial charge is 0.508 e. The minimum atomic E-state index is -0.984. The van der Waals surface area contributed by atoms with Gasteiger partial charge in [-0.1, -0.05) is 0 Å². The predicted molar refractivity (Wildman–Crippen MR) is 71.4 cm³/mol. The van der Waals surface area contributed by atoms with Gasteiger partial charge in [-0.15, -0.1) is 0 Å². The molecule has 0 atom stereocenters. The van der Waals surface area contributed by atoms with Gasteiger partial charge in [-0.3, -0.25) is 4.98 Å². The Morgan fingerprint density at radius 3 is 2.58 bits per heavy atom. The summed E-state index contributed by atoms with van der Waals surface area (Å²) < 4.78 is 0. The van der Waals surface area contributed by atoms with E-state index in [-0.39, 0.29) is 11.3 Å². The van der Waals surface area contributed by atoms with E-state index in [9.17, 15) is 9.90 Å². The van der Waals surface area contributed by atoms with Gasteiger partial charge in [0, 0.05) is 18.9 Å². The van der Waals surface area contributed by atoms with Crippen LogP contribution in [0, 0.1) is 0 Å². The van der Waals surface area contributed by atoms with Crippen molar-refractivity contribution in [3.05, 3.63) is 53.9 Å².